The molecule has 0 saturated carbocycles. The summed E-state index contributed by atoms with van der Waals surface area (Å²) in [6.07, 6.45) is -17.2. The Labute approximate surface area is 693 Å². The molecule has 8 N–H and O–H groups in total. The summed E-state index contributed by atoms with van der Waals surface area (Å²) in [5, 5.41) is 23.7. The van der Waals surface area contributed by atoms with Gasteiger partial charge < -0.3 is 56.7 Å². The monoisotopic (exact) mass is 1810 g/mol. The maximum Gasteiger partial charge on any atom is 0.573 e. The smallest absolute Gasteiger partial charge is 0.423 e. The number of aromatic nitrogens is 9. The molecule has 122 heavy (non-hydrogen) atoms. The van der Waals surface area contributed by atoms with E-state index in [2.05, 4.69) is 91.7 Å². The van der Waals surface area contributed by atoms with Gasteiger partial charge in [0.15, 0.2) is 34.3 Å². The molecule has 13 rings (SSSR count). The third-order valence-electron chi connectivity index (χ3n) is 15.3. The van der Waals surface area contributed by atoms with Gasteiger partial charge in [-0.1, -0.05) is 48.1 Å². The van der Waals surface area contributed by atoms with Gasteiger partial charge in [-0.05, 0) is 102 Å². The van der Waals surface area contributed by atoms with Crippen LogP contribution in [0.3, 0.4) is 0 Å². The molecule has 4 aromatic carbocycles. The average molecular weight is 1810 g/mol. The van der Waals surface area contributed by atoms with E-state index < -0.39 is 112 Å². The van der Waals surface area contributed by atoms with Crippen LogP contribution in [0.25, 0.3) is 0 Å². The molecule has 8 aromatic heterocycles. The van der Waals surface area contributed by atoms with Gasteiger partial charge in [-0.2, -0.15) is 57.1 Å². The van der Waals surface area contributed by atoms with Gasteiger partial charge in [0, 0.05) is 102 Å². The second-order valence-electron chi connectivity index (χ2n) is 24.6. The Kier molecular flexibility index (Phi) is 28.3. The van der Waals surface area contributed by atoms with Crippen LogP contribution in [-0.2, 0) is 24.7 Å². The molecule has 0 aliphatic carbocycles. The zero-order chi connectivity index (χ0) is 88.8. The van der Waals surface area contributed by atoms with Crippen molar-refractivity contribution in [3.05, 3.63) is 259 Å². The fourth-order valence-electron chi connectivity index (χ4n) is 9.70. The van der Waals surface area contributed by atoms with Crippen LogP contribution in [0.2, 0.25) is 5.02 Å². The van der Waals surface area contributed by atoms with Crippen molar-refractivity contribution in [3.8, 4) is 17.2 Å². The lowest BCUT2D eigenvalue weighted by Gasteiger charge is -2.10. The van der Waals surface area contributed by atoms with Crippen molar-refractivity contribution < 1.29 is 123 Å². The minimum Gasteiger partial charge on any atom is -0.423 e. The quantitative estimate of drug-likeness (QED) is 0.0370. The van der Waals surface area contributed by atoms with Crippen LogP contribution in [0.4, 0.5) is 113 Å². The molecule has 28 nitrogen and oxygen atoms in total. The first-order valence-corrected chi connectivity index (χ1v) is 37.3. The van der Waals surface area contributed by atoms with Crippen molar-refractivity contribution in [2.75, 3.05) is 42.5 Å². The number of amides is 8. The Morgan fingerprint density at radius 1 is 0.402 bits per heavy atom. The molecule has 0 saturated heterocycles. The SMILES string of the molecule is CC(C)c1cccc(NC(=O)c2ncsc2NC(=O)c2cncc(C(F)(F)F)c2)c1.CC1(F)Oc2ccc(NC(=O)c3nnsc3NC(=O)c3cncc(C(F)(F)F)c3)cc2O1.O=C(Nc1scnc1C(=O)Nc1ccc(OC(F)(F)F)cc1)c1cncc(C(F)(F)F)c1.O=C(Nc1scnc1C(=O)Nc1cccc(Cl)c1)c1cncc(C(F)(F)F)c1. The summed E-state index contributed by atoms with van der Waals surface area (Å²) in [6.45, 7) is 5.12. The molecule has 0 radical (unpaired) electrons. The van der Waals surface area contributed by atoms with Gasteiger partial charge in [-0.3, -0.25) is 58.3 Å². The molecule has 1 unspecified atom stereocenters. The molecule has 1 aliphatic rings. The first kappa shape index (κ1) is 90.6. The van der Waals surface area contributed by atoms with Crippen molar-refractivity contribution in [3.63, 3.8) is 0 Å². The number of anilines is 8. The highest BCUT2D eigenvalue weighted by Crippen LogP contribution is 2.42. The predicted octanol–water partition coefficient (Wildman–Crippen LogP) is 18.7. The summed E-state index contributed by atoms with van der Waals surface area (Å²) < 4.78 is 221. The highest BCUT2D eigenvalue weighted by Gasteiger charge is 2.39. The van der Waals surface area contributed by atoms with Gasteiger partial charge in [-0.25, -0.2) is 15.0 Å². The van der Waals surface area contributed by atoms with Crippen molar-refractivity contribution in [2.45, 2.75) is 63.8 Å². The summed E-state index contributed by atoms with van der Waals surface area (Å²) in [5.41, 5.74) is -0.0605. The molecular formula is C73H48ClF16N17O11S4. The second kappa shape index (κ2) is 38.1. The van der Waals surface area contributed by atoms with E-state index in [1.165, 1.54) is 40.8 Å². The average Bonchev–Trinajstić information content (AvgIpc) is 1.66. The topological polar surface area (TPSA) is 376 Å². The maximum atomic E-state index is 13.8. The Morgan fingerprint density at radius 2 is 0.754 bits per heavy atom. The van der Waals surface area contributed by atoms with Crippen molar-refractivity contribution >= 4 is 147 Å². The highest BCUT2D eigenvalue weighted by molar-refractivity contribution is 7.15. The van der Waals surface area contributed by atoms with Crippen LogP contribution >= 0.6 is 57.1 Å². The third kappa shape index (κ3) is 25.2. The number of rotatable bonds is 18. The summed E-state index contributed by atoms with van der Waals surface area (Å²) in [4.78, 5) is 125. The van der Waals surface area contributed by atoms with Crippen molar-refractivity contribution in [2.24, 2.45) is 0 Å². The molecule has 0 bridgehead atoms. The molecular weight excluding hydrogens is 1760 g/mol. The lowest BCUT2D eigenvalue weighted by atomic mass is 10.0. The Hall–Kier alpha value is -13.7. The number of nitrogens with zero attached hydrogens (tertiary/aromatic N) is 9. The van der Waals surface area contributed by atoms with E-state index in [4.69, 9.17) is 21.1 Å². The molecule has 0 spiro atoms. The molecule has 49 heteroatoms. The second-order valence-corrected chi connectivity index (χ2v) is 28.3. The number of carbonyl (C=O) groups excluding carboxylic acids is 8. The summed E-state index contributed by atoms with van der Waals surface area (Å²) >= 11 is 9.28. The number of fused-ring (bicyclic) bond motifs is 1. The number of ether oxygens (including phenoxy) is 3. The van der Waals surface area contributed by atoms with Crippen LogP contribution in [0, 0.1) is 0 Å². The highest BCUT2D eigenvalue weighted by atomic mass is 35.5. The van der Waals surface area contributed by atoms with Gasteiger partial charge in [0.25, 0.3) is 47.3 Å². The van der Waals surface area contributed by atoms with Gasteiger partial charge in [-0.15, -0.1) is 52.3 Å². The number of thiazole rings is 3. The first-order chi connectivity index (χ1) is 57.3. The molecule has 12 aromatic rings. The summed E-state index contributed by atoms with van der Waals surface area (Å²) in [7, 11) is 0. The Balaban J connectivity index is 0.000000171. The Bertz CT molecular complexity index is 5870. The van der Waals surface area contributed by atoms with Crippen LogP contribution in [0.1, 0.15) is 138 Å². The van der Waals surface area contributed by atoms with E-state index in [1.54, 1.807) is 24.3 Å². The van der Waals surface area contributed by atoms with Crippen molar-refractivity contribution in [1.29, 1.82) is 0 Å². The minimum atomic E-state index is -4.87. The van der Waals surface area contributed by atoms with Crippen LogP contribution in [0.15, 0.2) is 181 Å². The molecule has 634 valence electrons. The largest absolute Gasteiger partial charge is 0.573 e. The minimum absolute atomic E-state index is 0.0387. The third-order valence-corrected chi connectivity index (χ3v) is 18.4. The maximum absolute atomic E-state index is 13.8. The van der Waals surface area contributed by atoms with E-state index in [9.17, 15) is 109 Å². The molecule has 0 fully saturated rings. The van der Waals surface area contributed by atoms with E-state index in [0.717, 1.165) is 95.6 Å². The summed E-state index contributed by atoms with van der Waals surface area (Å²) in [6, 6.07) is 22.4. The fraction of sp³-hybridized carbons (Fsp3) is 0.137. The number of alkyl halides is 16. The number of pyridine rings is 4. The Morgan fingerprint density at radius 3 is 1.14 bits per heavy atom. The summed E-state index contributed by atoms with van der Waals surface area (Å²) in [5.74, 6) is -6.32. The molecule has 9 heterocycles. The number of hydrogen-bond acceptors (Lipinski definition) is 24. The zero-order valence-electron chi connectivity index (χ0n) is 61.0. The van der Waals surface area contributed by atoms with E-state index in [1.807, 2.05) is 32.0 Å². The van der Waals surface area contributed by atoms with E-state index in [0.29, 0.717) is 77.0 Å². The van der Waals surface area contributed by atoms with Gasteiger partial charge in [0.1, 0.15) is 25.8 Å². The number of carbonyl (C=O) groups is 8. The number of benzene rings is 4. The zero-order valence-corrected chi connectivity index (χ0v) is 65.0. The number of halogens is 17. The fourth-order valence-corrected chi connectivity index (χ4v) is 12.5. The van der Waals surface area contributed by atoms with Crippen molar-refractivity contribution in [1.82, 2.24) is 44.5 Å². The number of hydrogen-bond donors (Lipinski definition) is 8. The van der Waals surface area contributed by atoms with Crippen LogP contribution in [-0.4, -0.2) is 104 Å². The van der Waals surface area contributed by atoms with Gasteiger partial charge >= 0.3 is 37.1 Å². The molecule has 1 aliphatic heterocycles. The van der Waals surface area contributed by atoms with Crippen LogP contribution < -0.4 is 56.7 Å². The predicted molar refractivity (Wildman–Crippen MR) is 409 cm³/mol. The van der Waals surface area contributed by atoms with Gasteiger partial charge in [0.05, 0.1) is 61.0 Å². The molecule has 8 amide bonds. The standard InChI is InChI=1S/C20H17F3N4O2S.C18H10F6N4O3S.C18H11F4N5O4S.C17H10ClF3N4O2S/c1-11(2)12-4-3-5-15(7-12)26-18(29)16-19(30-10-25-16)27-17(28)13-6-14(9-24-8-13)20(21,22)23;19-17(20,21)10-5-9(6-25-7-10)14(29)28-16-13(26-8-32-16)15(30)27-11-1-3-12(4-2-11)31-18(22,23)24;1-17(19)30-11-3-2-10(5-12(11)31-17)24-15(29)13-16(32-27-26-13)25-14(28)8-4-9(7-23-6-8)18(20,21)22;18-11-2-1-3-12(5-11)24-15(27)13-16(28-8-23-13)25-14(26)9-4-10(7-22-6-9)17(19,20)21/h3-11H,1-2H3,(H,26,29)(H,27,28);1-8H,(H,27,30)(H,28,29);2-7H,1H3,(H,24,29)(H,25,28);1-8H,(H,24,27)(H,25,26). The van der Waals surface area contributed by atoms with E-state index >= 15 is 0 Å². The lowest BCUT2D eigenvalue weighted by molar-refractivity contribution is -0.274. The first-order valence-electron chi connectivity index (χ1n) is 33.5. The van der Waals surface area contributed by atoms with Crippen LogP contribution in [0.5, 0.6) is 17.2 Å². The normalized spacial score (nSPS) is 12.9. The molecule has 1 atom stereocenters. The lowest BCUT2D eigenvalue weighted by Crippen LogP contribution is -2.27. The number of nitrogens with one attached hydrogen (secondary N) is 8. The van der Waals surface area contributed by atoms with E-state index in [-0.39, 0.29) is 93.8 Å². The van der Waals surface area contributed by atoms with Gasteiger partial charge in [0.2, 0.25) is 0 Å².